The molecular formula is C18H21F5IN5S. The van der Waals surface area contributed by atoms with Crippen molar-refractivity contribution in [3.05, 3.63) is 45.9 Å². The Morgan fingerprint density at radius 1 is 1.30 bits per heavy atom. The molecule has 30 heavy (non-hydrogen) atoms. The van der Waals surface area contributed by atoms with Gasteiger partial charge in [-0.25, -0.2) is 13.8 Å². The van der Waals surface area contributed by atoms with Crippen LogP contribution in [0.1, 0.15) is 17.1 Å². The minimum atomic E-state index is -4.44. The van der Waals surface area contributed by atoms with E-state index in [-0.39, 0.29) is 35.7 Å². The molecule has 1 fully saturated rings. The highest BCUT2D eigenvalue weighted by Gasteiger charge is 2.33. The van der Waals surface area contributed by atoms with Crippen LogP contribution in [0.4, 0.5) is 27.6 Å². The molecule has 1 aliphatic rings. The fourth-order valence-corrected chi connectivity index (χ4v) is 3.91. The van der Waals surface area contributed by atoms with Crippen LogP contribution in [0.25, 0.3) is 0 Å². The normalized spacial score (nSPS) is 17.1. The molecule has 1 aromatic heterocycles. The summed E-state index contributed by atoms with van der Waals surface area (Å²) in [5.74, 6) is -0.733. The van der Waals surface area contributed by atoms with E-state index in [2.05, 4.69) is 20.6 Å². The molecule has 0 aliphatic carbocycles. The Kier molecular flexibility index (Phi) is 8.64. The van der Waals surface area contributed by atoms with Gasteiger partial charge in [-0.05, 0) is 18.6 Å². The van der Waals surface area contributed by atoms with Gasteiger partial charge in [-0.3, -0.25) is 4.99 Å². The van der Waals surface area contributed by atoms with Gasteiger partial charge in [0.1, 0.15) is 17.3 Å². The maximum atomic E-state index is 13.9. The molecule has 1 aromatic carbocycles. The van der Waals surface area contributed by atoms with Crippen LogP contribution in [0.15, 0.2) is 28.6 Å². The van der Waals surface area contributed by atoms with Gasteiger partial charge >= 0.3 is 6.18 Å². The van der Waals surface area contributed by atoms with Crippen molar-refractivity contribution in [1.29, 1.82) is 0 Å². The zero-order valence-electron chi connectivity index (χ0n) is 16.0. The van der Waals surface area contributed by atoms with E-state index in [0.29, 0.717) is 43.4 Å². The summed E-state index contributed by atoms with van der Waals surface area (Å²) >= 11 is 0.960. The standard InChI is InChI=1S/C18H20F5N5S.HI/c1-24-17(25-7-5-15-27-14(10-29-15)18(21,22)23)26-11-6-8-28(9-11)16-12(19)3-2-4-13(16)20;/h2-4,10-11H,5-9H2,1H3,(H2,24,25,26);1H. The van der Waals surface area contributed by atoms with Gasteiger partial charge in [-0.15, -0.1) is 35.3 Å². The quantitative estimate of drug-likeness (QED) is 0.251. The van der Waals surface area contributed by atoms with Crippen LogP contribution in [-0.4, -0.2) is 43.7 Å². The average Bonchev–Trinajstić information content (AvgIpc) is 3.30. The molecule has 12 heteroatoms. The second-order valence-electron chi connectivity index (χ2n) is 6.52. The summed E-state index contributed by atoms with van der Waals surface area (Å²) in [4.78, 5) is 9.32. The Morgan fingerprint density at radius 3 is 2.60 bits per heavy atom. The Morgan fingerprint density at radius 2 is 2.00 bits per heavy atom. The molecule has 0 amide bonds. The summed E-state index contributed by atoms with van der Waals surface area (Å²) in [7, 11) is 1.57. The van der Waals surface area contributed by atoms with Gasteiger partial charge in [0, 0.05) is 44.5 Å². The highest BCUT2D eigenvalue weighted by Crippen LogP contribution is 2.30. The van der Waals surface area contributed by atoms with Gasteiger partial charge in [0.25, 0.3) is 0 Å². The second kappa shape index (κ2) is 10.6. The van der Waals surface area contributed by atoms with Gasteiger partial charge in [-0.1, -0.05) is 6.07 Å². The molecule has 1 aliphatic heterocycles. The van der Waals surface area contributed by atoms with Crippen molar-refractivity contribution in [3.8, 4) is 0 Å². The van der Waals surface area contributed by atoms with Crippen molar-refractivity contribution in [2.45, 2.75) is 25.1 Å². The first-order chi connectivity index (χ1) is 13.8. The summed E-state index contributed by atoms with van der Waals surface area (Å²) in [6.07, 6.45) is -3.46. The highest BCUT2D eigenvalue weighted by molar-refractivity contribution is 14.0. The minimum Gasteiger partial charge on any atom is -0.365 e. The van der Waals surface area contributed by atoms with Crippen LogP contribution in [-0.2, 0) is 12.6 Å². The molecule has 5 nitrogen and oxygen atoms in total. The number of aliphatic imine (C=N–C) groups is 1. The number of thiazole rings is 1. The van der Waals surface area contributed by atoms with E-state index in [1.165, 1.54) is 18.2 Å². The Labute approximate surface area is 191 Å². The molecule has 1 saturated heterocycles. The molecule has 0 spiro atoms. The Hall–Kier alpha value is -1.70. The molecule has 0 saturated carbocycles. The smallest absolute Gasteiger partial charge is 0.365 e. The van der Waals surface area contributed by atoms with Crippen LogP contribution in [0.2, 0.25) is 0 Å². The number of hydrogen-bond donors (Lipinski definition) is 2. The summed E-state index contributed by atoms with van der Waals surface area (Å²) in [6.45, 7) is 1.24. The molecule has 3 rings (SSSR count). The number of guanidine groups is 1. The van der Waals surface area contributed by atoms with Crippen molar-refractivity contribution >= 4 is 47.0 Å². The van der Waals surface area contributed by atoms with Crippen LogP contribution < -0.4 is 15.5 Å². The third kappa shape index (κ3) is 6.15. The molecule has 1 atom stereocenters. The third-order valence-corrected chi connectivity index (χ3v) is 5.39. The number of nitrogens with one attached hydrogen (secondary N) is 2. The van der Waals surface area contributed by atoms with Crippen molar-refractivity contribution in [1.82, 2.24) is 15.6 Å². The number of aromatic nitrogens is 1. The molecular weight excluding hydrogens is 540 g/mol. The summed E-state index contributed by atoms with van der Waals surface area (Å²) in [5.41, 5.74) is -0.921. The van der Waals surface area contributed by atoms with Gasteiger partial charge in [-0.2, -0.15) is 13.2 Å². The maximum absolute atomic E-state index is 13.9. The zero-order chi connectivity index (χ0) is 21.0. The lowest BCUT2D eigenvalue weighted by Crippen LogP contribution is -2.45. The van der Waals surface area contributed by atoms with Crippen molar-refractivity contribution in [3.63, 3.8) is 0 Å². The molecule has 2 aromatic rings. The first kappa shape index (κ1) is 24.6. The fraction of sp³-hybridized carbons (Fsp3) is 0.444. The molecule has 2 N–H and O–H groups in total. The molecule has 2 heterocycles. The van der Waals surface area contributed by atoms with Crippen molar-refractivity contribution in [2.24, 2.45) is 4.99 Å². The van der Waals surface area contributed by atoms with Gasteiger partial charge in [0.05, 0.1) is 5.01 Å². The lowest BCUT2D eigenvalue weighted by molar-refractivity contribution is -0.140. The first-order valence-electron chi connectivity index (χ1n) is 8.95. The molecule has 166 valence electrons. The minimum absolute atomic E-state index is 0. The third-order valence-electron chi connectivity index (χ3n) is 4.48. The van der Waals surface area contributed by atoms with Gasteiger partial charge in [0.15, 0.2) is 11.7 Å². The van der Waals surface area contributed by atoms with Crippen molar-refractivity contribution in [2.75, 3.05) is 31.6 Å². The number of anilines is 1. The zero-order valence-corrected chi connectivity index (χ0v) is 19.1. The van der Waals surface area contributed by atoms with Gasteiger partial charge < -0.3 is 15.5 Å². The number of para-hydroxylation sites is 1. The monoisotopic (exact) mass is 561 g/mol. The average molecular weight is 561 g/mol. The topological polar surface area (TPSA) is 52.6 Å². The van der Waals surface area contributed by atoms with E-state index in [4.69, 9.17) is 0 Å². The number of rotatable bonds is 5. The number of alkyl halides is 3. The number of benzene rings is 1. The highest BCUT2D eigenvalue weighted by atomic mass is 127. The lowest BCUT2D eigenvalue weighted by atomic mass is 10.2. The molecule has 0 bridgehead atoms. The summed E-state index contributed by atoms with van der Waals surface area (Å²) in [6, 6.07) is 3.70. The van der Waals surface area contributed by atoms with Crippen LogP contribution >= 0.6 is 35.3 Å². The predicted molar refractivity (Wildman–Crippen MR) is 118 cm³/mol. The van der Waals surface area contributed by atoms with Crippen molar-refractivity contribution < 1.29 is 22.0 Å². The van der Waals surface area contributed by atoms with Gasteiger partial charge in [0.2, 0.25) is 0 Å². The van der Waals surface area contributed by atoms with Crippen LogP contribution in [0.3, 0.4) is 0 Å². The Bertz CT molecular complexity index is 853. The maximum Gasteiger partial charge on any atom is 0.434 e. The largest absolute Gasteiger partial charge is 0.434 e. The SMILES string of the molecule is CN=C(NCCc1nc(C(F)(F)F)cs1)NC1CCN(c2c(F)cccc2F)C1.I. The fourth-order valence-electron chi connectivity index (χ4n) is 3.10. The first-order valence-corrected chi connectivity index (χ1v) is 9.83. The summed E-state index contributed by atoms with van der Waals surface area (Å²) < 4.78 is 65.7. The van der Waals surface area contributed by atoms with Crippen LogP contribution in [0, 0.1) is 11.6 Å². The molecule has 1 unspecified atom stereocenters. The molecule has 0 radical (unpaired) electrons. The van der Waals surface area contributed by atoms with Crippen LogP contribution in [0.5, 0.6) is 0 Å². The second-order valence-corrected chi connectivity index (χ2v) is 7.46. The number of nitrogens with zero attached hydrogens (tertiary/aromatic N) is 3. The van der Waals surface area contributed by atoms with E-state index < -0.39 is 23.5 Å². The Balaban J connectivity index is 0.00000320. The number of halogens is 6. The number of hydrogen-bond acceptors (Lipinski definition) is 4. The predicted octanol–water partition coefficient (Wildman–Crippen LogP) is 4.04. The summed E-state index contributed by atoms with van der Waals surface area (Å²) in [5, 5.41) is 7.58. The van der Waals surface area contributed by atoms with E-state index in [1.54, 1.807) is 11.9 Å². The van der Waals surface area contributed by atoms with E-state index in [0.717, 1.165) is 16.7 Å². The lowest BCUT2D eigenvalue weighted by Gasteiger charge is -2.21. The van der Waals surface area contributed by atoms with E-state index in [1.807, 2.05) is 0 Å². The van der Waals surface area contributed by atoms with E-state index >= 15 is 0 Å². The van der Waals surface area contributed by atoms with E-state index in [9.17, 15) is 22.0 Å².